The first-order valence-electron chi connectivity index (χ1n) is 4.60. The van der Waals surface area contributed by atoms with Crippen LogP contribution >= 0.6 is 11.3 Å². The summed E-state index contributed by atoms with van der Waals surface area (Å²) in [6.07, 6.45) is 2.98. The van der Waals surface area contributed by atoms with E-state index in [1.807, 2.05) is 0 Å². The highest BCUT2D eigenvalue weighted by atomic mass is 32.1. The summed E-state index contributed by atoms with van der Waals surface area (Å²) in [4.78, 5) is 5.81. The minimum absolute atomic E-state index is 0.192. The summed E-state index contributed by atoms with van der Waals surface area (Å²) in [6.45, 7) is 4.20. The molecule has 0 radical (unpaired) electrons. The number of rotatable bonds is 2. The van der Waals surface area contributed by atoms with E-state index in [9.17, 15) is 0 Å². The number of nitrogens with zero attached hydrogens (tertiary/aromatic N) is 2. The lowest BCUT2D eigenvalue weighted by Gasteiger charge is -1.96. The summed E-state index contributed by atoms with van der Waals surface area (Å²) < 4.78 is 0. The van der Waals surface area contributed by atoms with Crippen LogP contribution in [0.25, 0.3) is 0 Å². The van der Waals surface area contributed by atoms with E-state index in [1.165, 1.54) is 10.6 Å². The van der Waals surface area contributed by atoms with Crippen LogP contribution in [0.15, 0.2) is 0 Å². The van der Waals surface area contributed by atoms with Gasteiger partial charge in [-0.05, 0) is 26.2 Å². The van der Waals surface area contributed by atoms with Gasteiger partial charge in [-0.2, -0.15) is 5.26 Å². The number of aryl methyl sites for hydroxylation is 2. The van der Waals surface area contributed by atoms with Gasteiger partial charge in [-0.25, -0.2) is 4.98 Å². The Balaban J connectivity index is 2.38. The van der Waals surface area contributed by atoms with Crippen molar-refractivity contribution in [2.75, 3.05) is 0 Å². The Bertz CT molecular complexity index is 369. The lowest BCUT2D eigenvalue weighted by atomic mass is 10.1. The molecule has 13 heavy (non-hydrogen) atoms. The van der Waals surface area contributed by atoms with Gasteiger partial charge in [0.05, 0.1) is 11.8 Å². The third-order valence-corrected chi connectivity index (χ3v) is 3.82. The summed E-state index contributed by atoms with van der Waals surface area (Å²) in [5.74, 6) is 0. The molecule has 1 heterocycles. The Hall–Kier alpha value is -0.880. The van der Waals surface area contributed by atoms with Crippen molar-refractivity contribution in [3.8, 4) is 6.07 Å². The van der Waals surface area contributed by atoms with Gasteiger partial charge in [-0.3, -0.25) is 0 Å². The van der Waals surface area contributed by atoms with E-state index in [0.717, 1.165) is 24.3 Å². The quantitative estimate of drug-likeness (QED) is 0.722. The minimum atomic E-state index is -0.192. The Labute approximate surface area is 82.2 Å². The normalized spacial score (nSPS) is 18.2. The third-order valence-electron chi connectivity index (χ3n) is 2.60. The van der Waals surface area contributed by atoms with Crippen molar-refractivity contribution in [3.63, 3.8) is 0 Å². The van der Waals surface area contributed by atoms with Crippen LogP contribution < -0.4 is 0 Å². The van der Waals surface area contributed by atoms with Gasteiger partial charge in [0.25, 0.3) is 0 Å². The van der Waals surface area contributed by atoms with Crippen LogP contribution in [0.2, 0.25) is 0 Å². The van der Waals surface area contributed by atoms with E-state index in [-0.39, 0.29) is 5.41 Å². The molecule has 2 rings (SSSR count). The van der Waals surface area contributed by atoms with E-state index in [0.29, 0.717) is 0 Å². The van der Waals surface area contributed by atoms with Gasteiger partial charge in [0.1, 0.15) is 10.4 Å². The monoisotopic (exact) mass is 192 g/mol. The highest BCUT2D eigenvalue weighted by Crippen LogP contribution is 2.49. The van der Waals surface area contributed by atoms with Gasteiger partial charge in [0, 0.05) is 4.88 Å². The zero-order valence-corrected chi connectivity index (χ0v) is 8.74. The minimum Gasteiger partial charge on any atom is -0.244 e. The SMILES string of the molecule is CCc1nc(C2(C#N)CC2)sc1C. The van der Waals surface area contributed by atoms with Gasteiger partial charge >= 0.3 is 0 Å². The molecule has 0 aromatic carbocycles. The van der Waals surface area contributed by atoms with Crippen molar-refractivity contribution in [1.82, 2.24) is 4.98 Å². The van der Waals surface area contributed by atoms with E-state index >= 15 is 0 Å². The molecule has 1 saturated carbocycles. The first kappa shape index (κ1) is 8.71. The van der Waals surface area contributed by atoms with Crippen LogP contribution in [0.5, 0.6) is 0 Å². The first-order valence-corrected chi connectivity index (χ1v) is 5.41. The maximum absolute atomic E-state index is 9.00. The largest absolute Gasteiger partial charge is 0.244 e. The van der Waals surface area contributed by atoms with Crippen LogP contribution in [0.4, 0.5) is 0 Å². The van der Waals surface area contributed by atoms with Crippen molar-refractivity contribution in [2.45, 2.75) is 38.5 Å². The molecular weight excluding hydrogens is 180 g/mol. The lowest BCUT2D eigenvalue weighted by molar-refractivity contribution is 0.870. The number of nitriles is 1. The van der Waals surface area contributed by atoms with Crippen LogP contribution in [-0.4, -0.2) is 4.98 Å². The van der Waals surface area contributed by atoms with Crippen molar-refractivity contribution >= 4 is 11.3 Å². The zero-order chi connectivity index (χ0) is 9.47. The van der Waals surface area contributed by atoms with Crippen LogP contribution in [-0.2, 0) is 11.8 Å². The van der Waals surface area contributed by atoms with Crippen LogP contribution in [0, 0.1) is 18.3 Å². The lowest BCUT2D eigenvalue weighted by Crippen LogP contribution is -2.01. The van der Waals surface area contributed by atoms with E-state index in [2.05, 4.69) is 24.9 Å². The molecule has 1 aliphatic rings. The molecule has 0 bridgehead atoms. The maximum atomic E-state index is 9.00. The highest BCUT2D eigenvalue weighted by molar-refractivity contribution is 7.11. The molecule has 0 spiro atoms. The number of hydrogen-bond acceptors (Lipinski definition) is 3. The van der Waals surface area contributed by atoms with Crippen LogP contribution in [0.3, 0.4) is 0 Å². The van der Waals surface area contributed by atoms with Crippen molar-refractivity contribution in [1.29, 1.82) is 5.26 Å². The Morgan fingerprint density at radius 1 is 1.62 bits per heavy atom. The second kappa shape index (κ2) is 2.81. The average Bonchev–Trinajstić information content (AvgIpc) is 2.85. The van der Waals surface area contributed by atoms with Gasteiger partial charge in [0.15, 0.2) is 0 Å². The molecule has 3 heteroatoms. The smallest absolute Gasteiger partial charge is 0.113 e. The number of aromatic nitrogens is 1. The Morgan fingerprint density at radius 3 is 2.69 bits per heavy atom. The molecule has 0 amide bonds. The number of thiazole rings is 1. The van der Waals surface area contributed by atoms with Gasteiger partial charge in [-0.15, -0.1) is 11.3 Å². The summed E-state index contributed by atoms with van der Waals surface area (Å²) >= 11 is 1.70. The fourth-order valence-electron chi connectivity index (χ4n) is 1.46. The van der Waals surface area contributed by atoms with E-state index in [4.69, 9.17) is 5.26 Å². The molecule has 0 aliphatic heterocycles. The highest BCUT2D eigenvalue weighted by Gasteiger charge is 2.47. The Morgan fingerprint density at radius 2 is 2.31 bits per heavy atom. The molecule has 0 atom stereocenters. The second-order valence-corrected chi connectivity index (χ2v) is 4.77. The van der Waals surface area contributed by atoms with Gasteiger partial charge < -0.3 is 0 Å². The zero-order valence-electron chi connectivity index (χ0n) is 7.92. The summed E-state index contributed by atoms with van der Waals surface area (Å²) in [5, 5.41) is 10.0. The van der Waals surface area contributed by atoms with Gasteiger partial charge in [0.2, 0.25) is 0 Å². The molecule has 1 aromatic rings. The molecular formula is C10H12N2S. The Kier molecular flexibility index (Phi) is 1.88. The average molecular weight is 192 g/mol. The van der Waals surface area contributed by atoms with E-state index < -0.39 is 0 Å². The molecule has 0 N–H and O–H groups in total. The molecule has 1 aliphatic carbocycles. The number of hydrogen-bond donors (Lipinski definition) is 0. The van der Waals surface area contributed by atoms with Crippen LogP contribution in [0.1, 0.15) is 35.3 Å². The molecule has 1 aromatic heterocycles. The molecule has 68 valence electrons. The van der Waals surface area contributed by atoms with Gasteiger partial charge in [-0.1, -0.05) is 6.92 Å². The fraction of sp³-hybridized carbons (Fsp3) is 0.600. The van der Waals surface area contributed by atoms with Crippen molar-refractivity contribution < 1.29 is 0 Å². The fourth-order valence-corrected chi connectivity index (χ4v) is 2.66. The summed E-state index contributed by atoms with van der Waals surface area (Å²) in [5.41, 5.74) is 0.976. The standard InChI is InChI=1S/C10H12N2S/c1-3-8-7(2)13-9(12-8)10(6-11)4-5-10/h3-5H2,1-2H3. The van der Waals surface area contributed by atoms with Crippen molar-refractivity contribution in [3.05, 3.63) is 15.6 Å². The molecule has 0 saturated heterocycles. The predicted molar refractivity (Wildman–Crippen MR) is 52.8 cm³/mol. The van der Waals surface area contributed by atoms with E-state index in [1.54, 1.807) is 11.3 Å². The molecule has 0 unspecified atom stereocenters. The topological polar surface area (TPSA) is 36.7 Å². The maximum Gasteiger partial charge on any atom is 0.113 e. The third kappa shape index (κ3) is 1.26. The molecule has 2 nitrogen and oxygen atoms in total. The first-order chi connectivity index (χ1) is 6.22. The second-order valence-electron chi connectivity index (χ2n) is 3.57. The summed E-state index contributed by atoms with van der Waals surface area (Å²) in [6, 6.07) is 2.38. The van der Waals surface area contributed by atoms with Crippen molar-refractivity contribution in [2.24, 2.45) is 0 Å². The predicted octanol–water partition coefficient (Wildman–Crippen LogP) is 2.57. The molecule has 1 fully saturated rings. The summed E-state index contributed by atoms with van der Waals surface area (Å²) in [7, 11) is 0.